The van der Waals surface area contributed by atoms with Gasteiger partial charge >= 0.3 is 33.6 Å². The molecule has 0 aliphatic heterocycles. The van der Waals surface area contributed by atoms with E-state index < -0.39 is 91.5 Å². The van der Waals surface area contributed by atoms with Crippen LogP contribution in [0.3, 0.4) is 0 Å². The van der Waals surface area contributed by atoms with Crippen molar-refractivity contribution >= 4 is 33.6 Å². The lowest BCUT2D eigenvalue weighted by Crippen LogP contribution is -2.30. The number of carbonyl (C=O) groups excluding carboxylic acids is 3. The van der Waals surface area contributed by atoms with E-state index >= 15 is 0 Å². The fourth-order valence-electron chi connectivity index (χ4n) is 9.72. The molecule has 5 atom stereocenters. The predicted octanol–water partition coefficient (Wildman–Crippen LogP) is 23.0. The second-order valence-electron chi connectivity index (χ2n) is 25.4. The van der Waals surface area contributed by atoms with Crippen LogP contribution in [0.5, 0.6) is 0 Å². The summed E-state index contributed by atoms with van der Waals surface area (Å²) in [5.74, 6) is -1.73. The molecule has 0 aromatic rings. The van der Waals surface area contributed by atoms with Crippen molar-refractivity contribution in [2.24, 2.45) is 0 Å². The molecule has 0 radical (unpaired) electrons. The Hall–Kier alpha value is -5.35. The van der Waals surface area contributed by atoms with Crippen molar-refractivity contribution < 1.29 is 75.8 Å². The minimum absolute atomic E-state index is 0.0301. The molecular weight excluding hydrogens is 1340 g/mol. The number of unbranched alkanes of at least 4 members (excludes halogenated alkanes) is 19. The summed E-state index contributed by atoms with van der Waals surface area (Å²) in [6.07, 6.45) is 98.2. The first-order valence-electron chi connectivity index (χ1n) is 39.1. The number of hydrogen-bond acceptors (Lipinski definition) is 14. The van der Waals surface area contributed by atoms with Gasteiger partial charge in [-0.25, -0.2) is 9.13 Å². The lowest BCUT2D eigenvalue weighted by atomic mass is 10.0. The molecule has 103 heavy (non-hydrogen) atoms. The molecule has 0 aliphatic carbocycles. The second-order valence-corrected chi connectivity index (χ2v) is 28.3. The van der Waals surface area contributed by atoms with E-state index in [1.807, 2.05) is 18.2 Å². The van der Waals surface area contributed by atoms with Gasteiger partial charge in [0.25, 0.3) is 0 Å². The maximum atomic E-state index is 13.0. The molecule has 584 valence electrons. The third-order valence-corrected chi connectivity index (χ3v) is 17.5. The third kappa shape index (κ3) is 77.6. The summed E-state index contributed by atoms with van der Waals surface area (Å²) in [6.45, 7) is 2.27. The number of rotatable bonds is 72. The smallest absolute Gasteiger partial charge is 0.463 e. The van der Waals surface area contributed by atoms with E-state index in [1.165, 1.54) is 83.5 Å². The van der Waals surface area contributed by atoms with E-state index in [1.54, 1.807) is 0 Å². The van der Waals surface area contributed by atoms with Gasteiger partial charge in [-0.2, -0.15) is 0 Å². The largest absolute Gasteiger partial charge is 0.472 e. The number of aliphatic hydroxyl groups excluding tert-OH is 2. The Morgan fingerprint density at radius 3 is 0.883 bits per heavy atom. The van der Waals surface area contributed by atoms with Crippen molar-refractivity contribution in [2.75, 3.05) is 39.6 Å². The molecule has 0 heterocycles. The highest BCUT2D eigenvalue weighted by atomic mass is 31.2. The molecular formula is C85H138O16P2. The van der Waals surface area contributed by atoms with E-state index in [0.29, 0.717) is 25.7 Å². The van der Waals surface area contributed by atoms with Crippen LogP contribution >= 0.6 is 15.6 Å². The topological polar surface area (TPSA) is 231 Å². The van der Waals surface area contributed by atoms with Gasteiger partial charge in [-0.05, 0) is 148 Å². The second kappa shape index (κ2) is 76.3. The Labute approximate surface area is 624 Å². The number of phosphoric acid groups is 2. The van der Waals surface area contributed by atoms with E-state index in [9.17, 15) is 43.5 Å². The molecule has 0 rings (SSSR count). The van der Waals surface area contributed by atoms with Crippen molar-refractivity contribution in [1.29, 1.82) is 0 Å². The summed E-state index contributed by atoms with van der Waals surface area (Å²) in [5.41, 5.74) is 0. The summed E-state index contributed by atoms with van der Waals surface area (Å²) in [7, 11) is -9.84. The Morgan fingerprint density at radius 1 is 0.282 bits per heavy atom. The van der Waals surface area contributed by atoms with Gasteiger partial charge in [-0.15, -0.1) is 0 Å². The minimum atomic E-state index is -4.96. The van der Waals surface area contributed by atoms with Crippen LogP contribution in [-0.4, -0.2) is 95.9 Å². The van der Waals surface area contributed by atoms with Gasteiger partial charge in [0.15, 0.2) is 6.10 Å². The van der Waals surface area contributed by atoms with E-state index in [0.717, 1.165) is 128 Å². The molecule has 5 unspecified atom stereocenters. The predicted molar refractivity (Wildman–Crippen MR) is 426 cm³/mol. The van der Waals surface area contributed by atoms with Gasteiger partial charge in [0.05, 0.1) is 26.4 Å². The number of allylic oxidation sites excluding steroid dienone is 30. The third-order valence-electron chi connectivity index (χ3n) is 15.6. The number of hydrogen-bond donors (Lipinski definition) is 4. The lowest BCUT2D eigenvalue weighted by molar-refractivity contribution is -0.161. The van der Waals surface area contributed by atoms with Gasteiger partial charge in [0.1, 0.15) is 25.4 Å². The minimum Gasteiger partial charge on any atom is -0.463 e. The molecule has 0 bridgehead atoms. The maximum absolute atomic E-state index is 13.0. The van der Waals surface area contributed by atoms with Gasteiger partial charge < -0.3 is 34.2 Å². The van der Waals surface area contributed by atoms with Crippen LogP contribution < -0.4 is 0 Å². The van der Waals surface area contributed by atoms with E-state index in [2.05, 4.69) is 185 Å². The van der Waals surface area contributed by atoms with Crippen LogP contribution in [0.1, 0.15) is 278 Å². The SMILES string of the molecule is CC/C=C\C/C=C\C/C=C\C/C=C\C/C=C\C/C=C\CCC(=O)OCC(COP(=O)(O)OCC(O)COP(=O)(O)OCC(O)COC(=O)CCCCCCCCCCCCCCC/C=C\C/C=C\C/C=C\C/C=C\CCCCC)OC(=O)CCCCC/C=C\C/C=C\C/C=C\C/C=C\C/C=C\CC. The molecule has 0 aromatic carbocycles. The highest BCUT2D eigenvalue weighted by Gasteiger charge is 2.29. The Balaban J connectivity index is 4.66. The summed E-state index contributed by atoms with van der Waals surface area (Å²) >= 11 is 0. The summed E-state index contributed by atoms with van der Waals surface area (Å²) in [6, 6.07) is 0. The van der Waals surface area contributed by atoms with E-state index in [4.69, 9.17) is 32.3 Å². The molecule has 16 nitrogen and oxygen atoms in total. The number of aliphatic hydroxyl groups is 2. The van der Waals surface area contributed by atoms with Crippen molar-refractivity contribution in [3.8, 4) is 0 Å². The van der Waals surface area contributed by atoms with Crippen LogP contribution in [0.25, 0.3) is 0 Å². The molecule has 4 N–H and O–H groups in total. The normalized spacial score (nSPS) is 15.0. The van der Waals surface area contributed by atoms with Crippen LogP contribution in [0, 0.1) is 0 Å². The molecule has 18 heteroatoms. The van der Waals surface area contributed by atoms with Crippen molar-refractivity contribution in [3.05, 3.63) is 182 Å². The van der Waals surface area contributed by atoms with Crippen LogP contribution in [0.15, 0.2) is 182 Å². The summed E-state index contributed by atoms with van der Waals surface area (Å²) in [4.78, 5) is 58.6. The number of carbonyl (C=O) groups is 3. The first-order chi connectivity index (χ1) is 50.2. The molecule has 0 saturated carbocycles. The molecule has 0 aromatic heterocycles. The zero-order valence-corrected chi connectivity index (χ0v) is 65.5. The summed E-state index contributed by atoms with van der Waals surface area (Å²) in [5, 5.41) is 20.6. The zero-order chi connectivity index (χ0) is 75.2. The summed E-state index contributed by atoms with van der Waals surface area (Å²) < 4.78 is 61.0. The number of esters is 3. The van der Waals surface area contributed by atoms with Crippen molar-refractivity contribution in [2.45, 2.75) is 296 Å². The average Bonchev–Trinajstić information content (AvgIpc) is 0.939. The van der Waals surface area contributed by atoms with Crippen molar-refractivity contribution in [1.82, 2.24) is 0 Å². The quantitative estimate of drug-likeness (QED) is 0.0146. The Kier molecular flexibility index (Phi) is 72.3. The highest BCUT2D eigenvalue weighted by Crippen LogP contribution is 2.45. The van der Waals surface area contributed by atoms with Crippen LogP contribution in [0.4, 0.5) is 0 Å². The fourth-order valence-corrected chi connectivity index (χ4v) is 11.3. The van der Waals surface area contributed by atoms with Gasteiger partial charge in [0, 0.05) is 19.3 Å². The van der Waals surface area contributed by atoms with Gasteiger partial charge in [0.2, 0.25) is 0 Å². The Bertz CT molecular complexity index is 2600. The number of ether oxygens (including phenoxy) is 3. The monoisotopic (exact) mass is 1480 g/mol. The Morgan fingerprint density at radius 2 is 0.534 bits per heavy atom. The number of phosphoric ester groups is 2. The maximum Gasteiger partial charge on any atom is 0.472 e. The zero-order valence-electron chi connectivity index (χ0n) is 63.7. The average molecular weight is 1480 g/mol. The van der Waals surface area contributed by atoms with Crippen LogP contribution in [-0.2, 0) is 55.8 Å². The van der Waals surface area contributed by atoms with Crippen molar-refractivity contribution in [3.63, 3.8) is 0 Å². The van der Waals surface area contributed by atoms with Crippen LogP contribution in [0.2, 0.25) is 0 Å². The standard InChI is InChI=1S/C85H138O16P2/c1-4-7-10-13-16-19-22-25-28-31-34-35-36-37-38-39-40-41-42-43-46-48-50-53-56-59-62-65-68-71-83(88)95-74-80(86)75-97-102(91,92)98-76-81(87)77-99-103(93,94)100-79-82(101-85(90)73-70-67-64-61-58-55-52-49-45-33-30-27-24-21-18-15-12-9-6-3)78-96-84(89)72-69-66-63-60-57-54-51-47-44-32-29-26-23-20-17-14-11-8-5-2/h8-9,11-12,16-21,25-30,34-35,37-38,44-45,47,49,54-55,57-58,63,66,80-82,86-87H,4-7,10,13-15,22-24,31-33,36,39-43,46,48,50-53,56,59-62,64-65,67-79H2,1-3H3,(H,91,92)(H,93,94)/b11-8-,12-9-,19-16-,20-17-,21-18-,28-25-,29-26-,30-27-,35-34-,38-37-,47-44-,49-45-,57-54-,58-55-,66-63-. The fraction of sp³-hybridized carbons (Fsp3) is 0.612. The van der Waals surface area contributed by atoms with E-state index in [-0.39, 0.29) is 19.3 Å². The molecule has 0 spiro atoms. The first kappa shape index (κ1) is 97.7. The molecule has 0 saturated heterocycles. The first-order valence-corrected chi connectivity index (χ1v) is 42.1. The molecule has 0 fully saturated rings. The lowest BCUT2D eigenvalue weighted by Gasteiger charge is -2.21. The van der Waals surface area contributed by atoms with Gasteiger partial charge in [-0.1, -0.05) is 293 Å². The van der Waals surface area contributed by atoms with Gasteiger partial charge in [-0.3, -0.25) is 32.5 Å². The molecule has 0 amide bonds. The molecule has 0 aliphatic rings. The highest BCUT2D eigenvalue weighted by molar-refractivity contribution is 7.47.